The van der Waals surface area contributed by atoms with E-state index in [1.54, 1.807) is 0 Å². The van der Waals surface area contributed by atoms with Crippen molar-refractivity contribution < 1.29 is 26.5 Å². The second-order valence-electron chi connectivity index (χ2n) is 7.22. The molecule has 0 aromatic carbocycles. The van der Waals surface area contributed by atoms with Gasteiger partial charge in [-0.3, -0.25) is 9.34 Å². The molecule has 2 atom stereocenters. The van der Waals surface area contributed by atoms with Gasteiger partial charge in [0.15, 0.2) is 0 Å². The molecule has 29 heavy (non-hydrogen) atoms. The van der Waals surface area contributed by atoms with E-state index in [9.17, 15) is 0 Å². The van der Waals surface area contributed by atoms with Crippen LogP contribution in [0.1, 0.15) is 25.7 Å². The van der Waals surface area contributed by atoms with Crippen molar-refractivity contribution in [2.24, 2.45) is 0 Å². The molecular weight excluding hydrogens is 422 g/mol. The van der Waals surface area contributed by atoms with Crippen LogP contribution in [0.25, 0.3) is 0 Å². The number of methoxy groups -OCH3 is 2. The van der Waals surface area contributed by atoms with Crippen molar-refractivity contribution >= 4 is 16.6 Å². The van der Waals surface area contributed by atoms with Gasteiger partial charge in [-0.05, 0) is 83.5 Å². The average Bonchev–Trinajstić information content (AvgIpc) is 3.48. The van der Waals surface area contributed by atoms with E-state index in [1.165, 1.54) is 44.4 Å². The van der Waals surface area contributed by atoms with Crippen molar-refractivity contribution in [2.45, 2.75) is 37.8 Å². The smallest absolute Gasteiger partial charge is 0.383 e. The summed E-state index contributed by atoms with van der Waals surface area (Å²) < 4.78 is 16.4. The van der Waals surface area contributed by atoms with E-state index in [2.05, 4.69) is 35.0 Å². The van der Waals surface area contributed by atoms with Crippen molar-refractivity contribution in [3.05, 3.63) is 63.4 Å². The van der Waals surface area contributed by atoms with Gasteiger partial charge in [-0.1, -0.05) is 0 Å². The third-order valence-corrected chi connectivity index (χ3v) is 8.12. The molecule has 0 aromatic rings. The molecule has 0 bridgehead atoms. The van der Waals surface area contributed by atoms with E-state index in [0.717, 1.165) is 13.2 Å². The van der Waals surface area contributed by atoms with Gasteiger partial charge in [-0.15, -0.1) is 0 Å². The maximum absolute atomic E-state index is 5.49. The number of hydrogen-bond acceptors (Lipinski definition) is 4. The Balaban J connectivity index is 0.000000527. The van der Waals surface area contributed by atoms with Crippen LogP contribution in [0.2, 0.25) is 0 Å². The van der Waals surface area contributed by atoms with Gasteiger partial charge in [-0.2, -0.15) is 0 Å². The molecule has 0 N–H and O–H groups in total. The molecule has 0 spiro atoms. The molecule has 0 amide bonds. The van der Waals surface area contributed by atoms with Crippen molar-refractivity contribution in [1.82, 2.24) is 9.34 Å². The van der Waals surface area contributed by atoms with E-state index in [1.807, 2.05) is 46.3 Å². The van der Waals surface area contributed by atoms with Gasteiger partial charge in [0.2, 0.25) is 0 Å². The van der Waals surface area contributed by atoms with Crippen LogP contribution in [0.3, 0.4) is 0 Å². The average molecular weight is 455 g/mol. The second-order valence-corrected chi connectivity index (χ2v) is 9.35. The zero-order chi connectivity index (χ0) is 18.9. The topological polar surface area (TPSA) is 24.9 Å². The molecule has 0 unspecified atom stereocenters. The van der Waals surface area contributed by atoms with Gasteiger partial charge in [0.05, 0.1) is 13.2 Å². The predicted octanol–water partition coefficient (Wildman–Crippen LogP) is 3.52. The molecule has 2 aliphatic heterocycles. The Labute approximate surface area is 194 Å². The minimum absolute atomic E-state index is 0. The zero-order valence-corrected chi connectivity index (χ0v) is 19.6. The first-order chi connectivity index (χ1) is 13.3. The molecule has 4 aliphatic rings. The van der Waals surface area contributed by atoms with Crippen LogP contribution in [0, 0.1) is 63.4 Å². The standard InChI is InChI=1S/C17H28N2O2P.C5H5.B.Fe/c1-20-13-15-7-5-11-18(15)22(17-9-3-4-10-17)19-12-6-8-16(19)14-21-2;1-2-4-5-3-1;;/h3-4,9-10,15-16H,5-8,11-14H2,1-2H3;1-5H;;/q;;;+2/t15-,16-;;;/m0.../s1. The van der Waals surface area contributed by atoms with Gasteiger partial charge in [0.25, 0.3) is 0 Å². The Morgan fingerprint density at radius 3 is 1.59 bits per heavy atom. The van der Waals surface area contributed by atoms with Crippen LogP contribution in [-0.4, -0.2) is 70.4 Å². The van der Waals surface area contributed by atoms with Crippen LogP contribution in [-0.2, 0) is 26.5 Å². The summed E-state index contributed by atoms with van der Waals surface area (Å²) in [7, 11) is 3.23. The Bertz CT molecular complexity index is 383. The first kappa shape index (κ1) is 27.9. The molecule has 4 fully saturated rings. The maximum atomic E-state index is 5.49. The Kier molecular flexibility index (Phi) is 15.0. The first-order valence-electron chi connectivity index (χ1n) is 10.0. The van der Waals surface area contributed by atoms with E-state index in [4.69, 9.17) is 9.47 Å². The summed E-state index contributed by atoms with van der Waals surface area (Å²) >= 11 is 0. The van der Waals surface area contributed by atoms with Crippen molar-refractivity contribution in [3.63, 3.8) is 0 Å². The van der Waals surface area contributed by atoms with Crippen molar-refractivity contribution in [2.75, 3.05) is 40.5 Å². The summed E-state index contributed by atoms with van der Waals surface area (Å²) in [4.78, 5) is 0. The number of rotatable bonds is 7. The van der Waals surface area contributed by atoms with Gasteiger partial charge < -0.3 is 9.47 Å². The van der Waals surface area contributed by atoms with Gasteiger partial charge in [0, 0.05) is 61.7 Å². The van der Waals surface area contributed by atoms with Crippen LogP contribution in [0.15, 0.2) is 0 Å². The minimum atomic E-state index is -0.416. The van der Waals surface area contributed by atoms with E-state index < -0.39 is 8.22 Å². The predicted molar refractivity (Wildman–Crippen MR) is 118 cm³/mol. The Morgan fingerprint density at radius 1 is 0.793 bits per heavy atom. The van der Waals surface area contributed by atoms with Crippen LogP contribution >= 0.6 is 8.22 Å². The molecule has 2 aliphatic carbocycles. The maximum Gasteiger partial charge on any atom is 2.00 e. The summed E-state index contributed by atoms with van der Waals surface area (Å²) in [6, 6.07) is 1.13. The second kappa shape index (κ2) is 15.6. The fourth-order valence-electron chi connectivity index (χ4n) is 4.13. The number of hydrogen-bond donors (Lipinski definition) is 0. The molecule has 2 saturated carbocycles. The molecular formula is C22H33BFeN2O2P+2. The summed E-state index contributed by atoms with van der Waals surface area (Å²) in [6.45, 7) is 4.09. The fourth-order valence-corrected chi connectivity index (χ4v) is 7.10. The minimum Gasteiger partial charge on any atom is -0.383 e. The monoisotopic (exact) mass is 455 g/mol. The molecule has 2 heterocycles. The summed E-state index contributed by atoms with van der Waals surface area (Å²) in [6.07, 6.45) is 24.0. The quantitative estimate of drug-likeness (QED) is 0.434. The SMILES string of the molecule is COC[C@@H]1CCCN1P([C]1[CH][CH][CH][CH]1)N1CCC[C@H]1COC.[B].[CH]1[CH][CH][CH][CH]1.[Fe+2]. The van der Waals surface area contributed by atoms with Crippen molar-refractivity contribution in [1.29, 1.82) is 0 Å². The van der Waals surface area contributed by atoms with Crippen molar-refractivity contribution in [3.8, 4) is 0 Å². The normalized spacial score (nSPS) is 28.2. The van der Waals surface area contributed by atoms with E-state index in [0.29, 0.717) is 12.1 Å². The Hall–Kier alpha value is 0.854. The molecule has 157 valence electrons. The molecule has 0 aromatic heterocycles. The summed E-state index contributed by atoms with van der Waals surface area (Å²) in [5.41, 5.74) is 1.49. The van der Waals surface area contributed by atoms with Crippen LogP contribution < -0.4 is 0 Å². The van der Waals surface area contributed by atoms with Gasteiger partial charge >= 0.3 is 17.1 Å². The molecule has 4 nitrogen and oxygen atoms in total. The zero-order valence-electron chi connectivity index (χ0n) is 17.6. The van der Waals surface area contributed by atoms with Gasteiger partial charge in [0.1, 0.15) is 0 Å². The molecule has 13 radical (unpaired) electrons. The largest absolute Gasteiger partial charge is 2.00 e. The first-order valence-corrected chi connectivity index (χ1v) is 11.3. The number of nitrogens with zero attached hydrogens (tertiary/aromatic N) is 2. The van der Waals surface area contributed by atoms with Crippen LogP contribution in [0.4, 0.5) is 0 Å². The fraction of sp³-hybridized carbons (Fsp3) is 0.545. The van der Waals surface area contributed by atoms with Gasteiger partial charge in [-0.25, -0.2) is 0 Å². The number of ether oxygens (including phenoxy) is 2. The molecule has 4 rings (SSSR count). The van der Waals surface area contributed by atoms with Crippen LogP contribution in [0.5, 0.6) is 0 Å². The molecule has 7 heteroatoms. The van der Waals surface area contributed by atoms with E-state index >= 15 is 0 Å². The third-order valence-electron chi connectivity index (χ3n) is 5.33. The molecule has 2 saturated heterocycles. The third kappa shape index (κ3) is 8.05. The Morgan fingerprint density at radius 2 is 1.21 bits per heavy atom. The van der Waals surface area contributed by atoms with E-state index in [-0.39, 0.29) is 25.5 Å². The summed E-state index contributed by atoms with van der Waals surface area (Å²) in [5, 5.41) is 0. The summed E-state index contributed by atoms with van der Waals surface area (Å²) in [5.74, 6) is 0.